The molecule has 3 rings (SSSR count). The summed E-state index contributed by atoms with van der Waals surface area (Å²) < 4.78 is 10.4. The van der Waals surface area contributed by atoms with Crippen LogP contribution in [0.4, 0.5) is 0 Å². The molecule has 5 nitrogen and oxygen atoms in total. The van der Waals surface area contributed by atoms with E-state index >= 15 is 0 Å². The van der Waals surface area contributed by atoms with Crippen molar-refractivity contribution in [1.82, 2.24) is 0 Å². The molecule has 0 spiro atoms. The molecular weight excluding hydrogens is 380 g/mol. The Hall–Kier alpha value is -2.92. The molecule has 0 aliphatic rings. The lowest BCUT2D eigenvalue weighted by atomic mass is 9.86. The Kier molecular flexibility index (Phi) is 5.38. The molecule has 0 atom stereocenters. The topological polar surface area (TPSA) is 73.6 Å². The lowest BCUT2D eigenvalue weighted by Gasteiger charge is -2.18. The van der Waals surface area contributed by atoms with E-state index in [1.807, 2.05) is 12.1 Å². The summed E-state index contributed by atoms with van der Waals surface area (Å²) in [6.07, 6.45) is 0. The van der Waals surface area contributed by atoms with Crippen molar-refractivity contribution in [3.8, 4) is 0 Å². The fourth-order valence-corrected chi connectivity index (χ4v) is 2.84. The van der Waals surface area contributed by atoms with Crippen LogP contribution in [0.15, 0.2) is 57.7 Å². The zero-order valence-electron chi connectivity index (χ0n) is 15.7. The first-order valence-electron chi connectivity index (χ1n) is 8.69. The number of ether oxygens (including phenoxy) is 1. The average molecular weight is 399 g/mol. The van der Waals surface area contributed by atoms with Gasteiger partial charge < -0.3 is 9.15 Å². The first-order chi connectivity index (χ1) is 13.1. The van der Waals surface area contributed by atoms with Crippen molar-refractivity contribution in [2.24, 2.45) is 0 Å². The summed E-state index contributed by atoms with van der Waals surface area (Å²) in [7, 11) is 0. The van der Waals surface area contributed by atoms with Gasteiger partial charge in [-0.2, -0.15) is 0 Å². The van der Waals surface area contributed by atoms with Gasteiger partial charge in [-0.15, -0.1) is 0 Å². The summed E-state index contributed by atoms with van der Waals surface area (Å²) in [5, 5.41) is 0.650. The van der Waals surface area contributed by atoms with Gasteiger partial charge >= 0.3 is 5.97 Å². The van der Waals surface area contributed by atoms with Crippen LogP contribution in [-0.4, -0.2) is 18.4 Å². The zero-order valence-corrected chi connectivity index (χ0v) is 16.5. The number of benzene rings is 2. The highest BCUT2D eigenvalue weighted by Crippen LogP contribution is 2.22. The van der Waals surface area contributed by atoms with E-state index in [0.29, 0.717) is 10.6 Å². The molecule has 0 unspecified atom stereocenters. The van der Waals surface area contributed by atoms with Crippen LogP contribution in [0, 0.1) is 0 Å². The van der Waals surface area contributed by atoms with Gasteiger partial charge in [-0.05, 0) is 29.2 Å². The fraction of sp³-hybridized carbons (Fsp3) is 0.227. The molecule has 0 amide bonds. The Bertz CT molecular complexity index is 1100. The molecule has 1 heterocycles. The standard InChI is InChI=1S/C22H19ClO5/c1-22(2,3)14-6-4-13(5-7-14)18(25)12-27-21(26)20-11-17(24)16-10-15(23)8-9-19(16)28-20/h4-11H,12H2,1-3H3. The second-order valence-corrected chi connectivity index (χ2v) is 7.88. The van der Waals surface area contributed by atoms with Gasteiger partial charge in [-0.25, -0.2) is 4.79 Å². The van der Waals surface area contributed by atoms with Crippen LogP contribution in [0.2, 0.25) is 5.02 Å². The average Bonchev–Trinajstić information content (AvgIpc) is 2.65. The van der Waals surface area contributed by atoms with E-state index in [4.69, 9.17) is 20.8 Å². The van der Waals surface area contributed by atoms with Gasteiger partial charge in [0.2, 0.25) is 5.76 Å². The molecule has 1 aromatic heterocycles. The van der Waals surface area contributed by atoms with Crippen molar-refractivity contribution in [2.45, 2.75) is 26.2 Å². The normalized spacial score (nSPS) is 11.4. The molecule has 28 heavy (non-hydrogen) atoms. The number of carbonyl (C=O) groups excluding carboxylic acids is 2. The van der Waals surface area contributed by atoms with E-state index in [-0.39, 0.29) is 27.9 Å². The molecule has 0 saturated carbocycles. The molecule has 2 aromatic carbocycles. The number of esters is 1. The van der Waals surface area contributed by atoms with E-state index in [0.717, 1.165) is 11.6 Å². The van der Waals surface area contributed by atoms with Gasteiger partial charge in [0.25, 0.3) is 0 Å². The van der Waals surface area contributed by atoms with E-state index in [2.05, 4.69) is 20.8 Å². The van der Waals surface area contributed by atoms with Crippen molar-refractivity contribution >= 4 is 34.3 Å². The molecule has 0 radical (unpaired) electrons. The van der Waals surface area contributed by atoms with Gasteiger partial charge in [0.05, 0.1) is 5.39 Å². The maximum atomic E-state index is 12.3. The summed E-state index contributed by atoms with van der Waals surface area (Å²) in [5.74, 6) is -1.49. The minimum atomic E-state index is -0.881. The number of rotatable bonds is 4. The van der Waals surface area contributed by atoms with Crippen LogP contribution < -0.4 is 5.43 Å². The van der Waals surface area contributed by atoms with Crippen LogP contribution in [-0.2, 0) is 10.2 Å². The smallest absolute Gasteiger partial charge is 0.374 e. The fourth-order valence-electron chi connectivity index (χ4n) is 2.67. The summed E-state index contributed by atoms with van der Waals surface area (Å²) in [5.41, 5.74) is 1.31. The van der Waals surface area contributed by atoms with Gasteiger partial charge in [-0.3, -0.25) is 9.59 Å². The number of fused-ring (bicyclic) bond motifs is 1. The highest BCUT2D eigenvalue weighted by molar-refractivity contribution is 6.31. The third-order valence-electron chi connectivity index (χ3n) is 4.30. The monoisotopic (exact) mass is 398 g/mol. The number of hydrogen-bond donors (Lipinski definition) is 0. The Morgan fingerprint density at radius 2 is 1.71 bits per heavy atom. The highest BCUT2D eigenvalue weighted by Gasteiger charge is 2.18. The molecular formula is C22H19ClO5. The zero-order chi connectivity index (χ0) is 20.5. The van der Waals surface area contributed by atoms with E-state index in [1.54, 1.807) is 18.2 Å². The van der Waals surface area contributed by atoms with Crippen LogP contribution in [0.5, 0.6) is 0 Å². The Labute approximate surface area is 166 Å². The molecule has 6 heteroatoms. The first-order valence-corrected chi connectivity index (χ1v) is 9.07. The molecule has 0 N–H and O–H groups in total. The molecule has 0 aliphatic carbocycles. The third kappa shape index (κ3) is 4.31. The largest absolute Gasteiger partial charge is 0.451 e. The van der Waals surface area contributed by atoms with E-state index in [9.17, 15) is 14.4 Å². The lowest BCUT2D eigenvalue weighted by molar-refractivity contribution is 0.0444. The van der Waals surface area contributed by atoms with E-state index < -0.39 is 18.0 Å². The van der Waals surface area contributed by atoms with Gasteiger partial charge in [0.15, 0.2) is 17.8 Å². The Morgan fingerprint density at radius 1 is 1.04 bits per heavy atom. The van der Waals surface area contributed by atoms with Crippen LogP contribution in [0.1, 0.15) is 47.2 Å². The summed E-state index contributed by atoms with van der Waals surface area (Å²) in [6, 6.07) is 12.7. The molecule has 0 aliphatic heterocycles. The highest BCUT2D eigenvalue weighted by atomic mass is 35.5. The number of halogens is 1. The molecule has 3 aromatic rings. The number of ketones is 1. The Balaban J connectivity index is 1.71. The van der Waals surface area contributed by atoms with Crippen LogP contribution in [0.3, 0.4) is 0 Å². The molecule has 0 saturated heterocycles. The van der Waals surface area contributed by atoms with Crippen molar-refractivity contribution in [1.29, 1.82) is 0 Å². The maximum absolute atomic E-state index is 12.3. The van der Waals surface area contributed by atoms with Gasteiger partial charge in [-0.1, -0.05) is 56.6 Å². The van der Waals surface area contributed by atoms with Crippen molar-refractivity contribution in [3.63, 3.8) is 0 Å². The van der Waals surface area contributed by atoms with Gasteiger partial charge in [0.1, 0.15) is 5.58 Å². The number of carbonyl (C=O) groups is 2. The Morgan fingerprint density at radius 3 is 2.36 bits per heavy atom. The predicted molar refractivity (Wildman–Crippen MR) is 107 cm³/mol. The third-order valence-corrected chi connectivity index (χ3v) is 4.53. The van der Waals surface area contributed by atoms with Crippen molar-refractivity contribution in [3.05, 3.63) is 80.7 Å². The minimum absolute atomic E-state index is 0.0219. The second kappa shape index (κ2) is 7.60. The van der Waals surface area contributed by atoms with Crippen molar-refractivity contribution in [2.75, 3.05) is 6.61 Å². The quantitative estimate of drug-likeness (QED) is 0.467. The van der Waals surface area contributed by atoms with Gasteiger partial charge in [0, 0.05) is 16.7 Å². The lowest BCUT2D eigenvalue weighted by Crippen LogP contribution is -2.16. The SMILES string of the molecule is CC(C)(C)c1ccc(C(=O)COC(=O)c2cc(=O)c3cc(Cl)ccc3o2)cc1. The summed E-state index contributed by atoms with van der Waals surface area (Å²) in [4.78, 5) is 36.6. The van der Waals surface area contributed by atoms with E-state index in [1.165, 1.54) is 12.1 Å². The summed E-state index contributed by atoms with van der Waals surface area (Å²) in [6.45, 7) is 5.79. The number of Topliss-reactive ketones (excluding diaryl/α,β-unsaturated/α-hetero) is 1. The molecule has 0 fully saturated rings. The minimum Gasteiger partial charge on any atom is -0.451 e. The predicted octanol–water partition coefficient (Wildman–Crippen LogP) is 4.78. The number of hydrogen-bond acceptors (Lipinski definition) is 5. The van der Waals surface area contributed by atoms with Crippen LogP contribution >= 0.6 is 11.6 Å². The second-order valence-electron chi connectivity index (χ2n) is 7.44. The molecule has 144 valence electrons. The maximum Gasteiger partial charge on any atom is 0.374 e. The molecule has 0 bridgehead atoms. The van der Waals surface area contributed by atoms with Crippen LogP contribution in [0.25, 0.3) is 11.0 Å². The summed E-state index contributed by atoms with van der Waals surface area (Å²) >= 11 is 5.86. The first kappa shape index (κ1) is 19.8. The van der Waals surface area contributed by atoms with Crippen molar-refractivity contribution < 1.29 is 18.7 Å².